The third-order valence-electron chi connectivity index (χ3n) is 2.25. The zero-order chi connectivity index (χ0) is 14.5. The summed E-state index contributed by atoms with van der Waals surface area (Å²) in [6.45, 7) is 0.300. The first-order chi connectivity index (χ1) is 8.79. The summed E-state index contributed by atoms with van der Waals surface area (Å²) >= 11 is 0. The van der Waals surface area contributed by atoms with Crippen molar-refractivity contribution in [3.05, 3.63) is 33.9 Å². The molecule has 1 aromatic rings. The summed E-state index contributed by atoms with van der Waals surface area (Å²) in [5.41, 5.74) is 0.943. The fraction of sp³-hybridized carbons (Fsp3) is 0.455. The lowest BCUT2D eigenvalue weighted by molar-refractivity contribution is -0.385. The quantitative estimate of drug-likeness (QED) is 0.493. The van der Waals surface area contributed by atoms with Gasteiger partial charge in [-0.2, -0.15) is 13.2 Å². The summed E-state index contributed by atoms with van der Waals surface area (Å²) in [4.78, 5) is 10.2. The van der Waals surface area contributed by atoms with Crippen molar-refractivity contribution >= 4 is 11.4 Å². The summed E-state index contributed by atoms with van der Waals surface area (Å²) in [6.07, 6.45) is -4.34. The number of halogens is 3. The van der Waals surface area contributed by atoms with Crippen LogP contribution in [-0.4, -0.2) is 30.9 Å². The van der Waals surface area contributed by atoms with E-state index in [9.17, 15) is 23.3 Å². The van der Waals surface area contributed by atoms with Gasteiger partial charge < -0.3 is 10.1 Å². The minimum atomic E-state index is -4.34. The van der Waals surface area contributed by atoms with Gasteiger partial charge in [-0.25, -0.2) is 0 Å². The predicted molar refractivity (Wildman–Crippen MR) is 63.2 cm³/mol. The topological polar surface area (TPSA) is 64.4 Å². The van der Waals surface area contributed by atoms with E-state index >= 15 is 0 Å². The van der Waals surface area contributed by atoms with Crippen molar-refractivity contribution in [1.29, 1.82) is 0 Å². The Morgan fingerprint density at radius 2 is 2.11 bits per heavy atom. The van der Waals surface area contributed by atoms with Crippen LogP contribution in [0.15, 0.2) is 18.2 Å². The third kappa shape index (κ3) is 5.56. The highest BCUT2D eigenvalue weighted by atomic mass is 19.4. The molecule has 0 aromatic heterocycles. The Kier molecular flexibility index (Phi) is 5.11. The van der Waals surface area contributed by atoms with Gasteiger partial charge in [0.1, 0.15) is 6.61 Å². The van der Waals surface area contributed by atoms with E-state index in [1.807, 2.05) is 0 Å². The molecule has 0 aliphatic carbocycles. The van der Waals surface area contributed by atoms with E-state index in [0.29, 0.717) is 11.3 Å². The minimum absolute atomic E-state index is 0.0405. The van der Waals surface area contributed by atoms with E-state index in [1.54, 1.807) is 19.1 Å². The van der Waals surface area contributed by atoms with Gasteiger partial charge in [0.05, 0.1) is 11.5 Å². The van der Waals surface area contributed by atoms with Crippen molar-refractivity contribution in [1.82, 2.24) is 0 Å². The minimum Gasteiger partial charge on any atom is -0.383 e. The predicted octanol–water partition coefficient (Wildman–Crippen LogP) is 2.89. The number of hydrogen-bond donors (Lipinski definition) is 1. The smallest absolute Gasteiger partial charge is 0.383 e. The molecule has 0 unspecified atom stereocenters. The molecule has 0 heterocycles. The van der Waals surface area contributed by atoms with Crippen LogP contribution in [0.25, 0.3) is 0 Å². The number of nitro groups is 1. The molecule has 0 spiro atoms. The van der Waals surface area contributed by atoms with Crippen LogP contribution in [0.4, 0.5) is 24.5 Å². The van der Waals surface area contributed by atoms with Crippen LogP contribution in [0.1, 0.15) is 5.56 Å². The Labute approximate surface area is 107 Å². The van der Waals surface area contributed by atoms with Gasteiger partial charge in [0.2, 0.25) is 0 Å². The highest BCUT2D eigenvalue weighted by Crippen LogP contribution is 2.22. The molecule has 0 saturated carbocycles. The summed E-state index contributed by atoms with van der Waals surface area (Å²) in [5, 5.41) is 13.4. The maximum Gasteiger partial charge on any atom is 0.411 e. The van der Waals surface area contributed by atoms with Gasteiger partial charge in [-0.15, -0.1) is 0 Å². The number of hydrogen-bond acceptors (Lipinski definition) is 4. The molecule has 0 radical (unpaired) electrons. The van der Waals surface area contributed by atoms with Gasteiger partial charge in [-0.05, 0) is 13.0 Å². The Balaban J connectivity index is 2.42. The number of nitrogens with one attached hydrogen (secondary N) is 1. The second-order valence-corrected chi connectivity index (χ2v) is 3.85. The molecule has 1 rings (SSSR count). The Hall–Kier alpha value is -1.83. The largest absolute Gasteiger partial charge is 0.411 e. The van der Waals surface area contributed by atoms with Crippen LogP contribution in [-0.2, 0) is 4.74 Å². The van der Waals surface area contributed by atoms with Crippen LogP contribution >= 0.6 is 0 Å². The van der Waals surface area contributed by atoms with Crippen LogP contribution in [0.5, 0.6) is 0 Å². The standard InChI is InChI=1S/C11H13F3N2O3/c1-8-2-3-9(6-10(8)16(17)18)15-4-5-19-7-11(12,13)14/h2-3,6,15H,4-5,7H2,1H3. The molecule has 19 heavy (non-hydrogen) atoms. The molecule has 0 fully saturated rings. The molecule has 8 heteroatoms. The number of aryl methyl sites for hydroxylation is 1. The second-order valence-electron chi connectivity index (χ2n) is 3.85. The van der Waals surface area contributed by atoms with E-state index in [0.717, 1.165) is 0 Å². The van der Waals surface area contributed by atoms with Gasteiger partial charge in [-0.1, -0.05) is 6.07 Å². The Morgan fingerprint density at radius 3 is 2.68 bits per heavy atom. The number of ether oxygens (including phenoxy) is 1. The van der Waals surface area contributed by atoms with Crippen molar-refractivity contribution in [2.24, 2.45) is 0 Å². The Bertz CT molecular complexity index is 449. The molecule has 1 aromatic carbocycles. The maximum atomic E-state index is 11.8. The van der Waals surface area contributed by atoms with E-state index in [4.69, 9.17) is 0 Å². The summed E-state index contributed by atoms with van der Waals surface area (Å²) in [7, 11) is 0. The van der Waals surface area contributed by atoms with Crippen LogP contribution in [0, 0.1) is 17.0 Å². The molecule has 0 saturated heterocycles. The molecule has 106 valence electrons. The molecule has 0 bridgehead atoms. The number of rotatable bonds is 6. The molecule has 0 aliphatic rings. The molecular weight excluding hydrogens is 265 g/mol. The molecule has 0 amide bonds. The van der Waals surface area contributed by atoms with Gasteiger partial charge in [0.25, 0.3) is 5.69 Å². The van der Waals surface area contributed by atoms with Crippen molar-refractivity contribution in [2.45, 2.75) is 13.1 Å². The van der Waals surface area contributed by atoms with E-state index in [-0.39, 0.29) is 18.8 Å². The van der Waals surface area contributed by atoms with Gasteiger partial charge in [0.15, 0.2) is 0 Å². The summed E-state index contributed by atoms with van der Waals surface area (Å²) in [5.74, 6) is 0. The van der Waals surface area contributed by atoms with Crippen LogP contribution in [0.3, 0.4) is 0 Å². The van der Waals surface area contributed by atoms with E-state index in [2.05, 4.69) is 10.1 Å². The van der Waals surface area contributed by atoms with Gasteiger partial charge in [-0.3, -0.25) is 10.1 Å². The lowest BCUT2D eigenvalue weighted by Gasteiger charge is -2.09. The average Bonchev–Trinajstić information content (AvgIpc) is 2.29. The molecule has 0 atom stereocenters. The van der Waals surface area contributed by atoms with Crippen molar-refractivity contribution in [3.63, 3.8) is 0 Å². The lowest BCUT2D eigenvalue weighted by atomic mass is 10.2. The maximum absolute atomic E-state index is 11.8. The number of nitrogens with zero attached hydrogens (tertiary/aromatic N) is 1. The van der Waals surface area contributed by atoms with Crippen LogP contribution in [0.2, 0.25) is 0 Å². The summed E-state index contributed by atoms with van der Waals surface area (Å²) < 4.78 is 39.7. The Morgan fingerprint density at radius 1 is 1.42 bits per heavy atom. The third-order valence-corrected chi connectivity index (χ3v) is 2.25. The fourth-order valence-electron chi connectivity index (χ4n) is 1.37. The number of benzene rings is 1. The molecule has 0 aliphatic heterocycles. The van der Waals surface area contributed by atoms with E-state index in [1.165, 1.54) is 6.07 Å². The van der Waals surface area contributed by atoms with Crippen LogP contribution < -0.4 is 5.32 Å². The number of alkyl halides is 3. The highest BCUT2D eigenvalue weighted by Gasteiger charge is 2.27. The average molecular weight is 278 g/mol. The number of anilines is 1. The zero-order valence-corrected chi connectivity index (χ0v) is 10.2. The first-order valence-electron chi connectivity index (χ1n) is 5.43. The normalized spacial score (nSPS) is 11.4. The molecular formula is C11H13F3N2O3. The first-order valence-corrected chi connectivity index (χ1v) is 5.43. The second kappa shape index (κ2) is 6.37. The molecule has 1 N–H and O–H groups in total. The van der Waals surface area contributed by atoms with Crippen molar-refractivity contribution in [2.75, 3.05) is 25.1 Å². The first kappa shape index (κ1) is 15.2. The van der Waals surface area contributed by atoms with Crippen molar-refractivity contribution < 1.29 is 22.8 Å². The fourth-order valence-corrected chi connectivity index (χ4v) is 1.37. The van der Waals surface area contributed by atoms with Gasteiger partial charge in [0, 0.05) is 23.9 Å². The molecule has 5 nitrogen and oxygen atoms in total. The lowest BCUT2D eigenvalue weighted by Crippen LogP contribution is -2.20. The van der Waals surface area contributed by atoms with E-state index < -0.39 is 17.7 Å². The monoisotopic (exact) mass is 278 g/mol. The highest BCUT2D eigenvalue weighted by molar-refractivity contribution is 5.54. The summed E-state index contributed by atoms with van der Waals surface area (Å²) in [6, 6.07) is 4.52. The SMILES string of the molecule is Cc1ccc(NCCOCC(F)(F)F)cc1[N+](=O)[O-]. The van der Waals surface area contributed by atoms with Crippen molar-refractivity contribution in [3.8, 4) is 0 Å². The number of nitro benzene ring substituents is 1. The zero-order valence-electron chi connectivity index (χ0n) is 10.2. The van der Waals surface area contributed by atoms with Gasteiger partial charge >= 0.3 is 6.18 Å².